The fourth-order valence-corrected chi connectivity index (χ4v) is 2.67. The molecule has 162 valence electrons. The first kappa shape index (κ1) is 22.0. The summed E-state index contributed by atoms with van der Waals surface area (Å²) in [5, 5.41) is 8.65. The molecule has 1 heterocycles. The van der Waals surface area contributed by atoms with Crippen molar-refractivity contribution in [1.82, 2.24) is 20.4 Å². The number of nitrogens with zero attached hydrogens (tertiary/aromatic N) is 2. The van der Waals surface area contributed by atoms with Gasteiger partial charge in [-0.25, -0.2) is 9.07 Å². The molecular formula is C21H18F4N4O2. The van der Waals surface area contributed by atoms with E-state index < -0.39 is 29.5 Å². The van der Waals surface area contributed by atoms with Crippen molar-refractivity contribution in [3.05, 3.63) is 82.9 Å². The van der Waals surface area contributed by atoms with Gasteiger partial charge in [0.05, 0.1) is 5.69 Å². The standard InChI is InChI=1S/C21H18F4N4O2/c1-13-2-3-15(12-17(13)22)20(31)27-10-9-26-19(30)14-4-6-16(7-5-14)29-11-8-18(28-29)21(23,24)25/h2-8,11-12H,9-10H2,1H3,(H,26,30)(H,27,31). The van der Waals surface area contributed by atoms with E-state index in [1.807, 2.05) is 0 Å². The quantitative estimate of drug-likeness (QED) is 0.461. The van der Waals surface area contributed by atoms with Crippen LogP contribution in [0.25, 0.3) is 5.69 Å². The number of hydrogen-bond donors (Lipinski definition) is 2. The summed E-state index contributed by atoms with van der Waals surface area (Å²) in [6, 6.07) is 10.8. The van der Waals surface area contributed by atoms with E-state index >= 15 is 0 Å². The topological polar surface area (TPSA) is 76.0 Å². The molecule has 0 unspecified atom stereocenters. The highest BCUT2D eigenvalue weighted by atomic mass is 19.4. The third-order valence-electron chi connectivity index (χ3n) is 4.40. The van der Waals surface area contributed by atoms with Crippen LogP contribution in [-0.4, -0.2) is 34.7 Å². The second kappa shape index (κ2) is 8.99. The predicted octanol–water partition coefficient (Wildman–Crippen LogP) is 3.50. The summed E-state index contributed by atoms with van der Waals surface area (Å²) >= 11 is 0. The Bertz CT molecular complexity index is 1090. The highest BCUT2D eigenvalue weighted by Crippen LogP contribution is 2.27. The maximum atomic E-state index is 13.5. The second-order valence-corrected chi connectivity index (χ2v) is 6.67. The number of carbonyl (C=O) groups excluding carboxylic acids is 2. The third-order valence-corrected chi connectivity index (χ3v) is 4.40. The van der Waals surface area contributed by atoms with Crippen molar-refractivity contribution in [3.8, 4) is 5.69 Å². The van der Waals surface area contributed by atoms with Gasteiger partial charge >= 0.3 is 6.18 Å². The van der Waals surface area contributed by atoms with Gasteiger partial charge in [0, 0.05) is 30.4 Å². The number of aromatic nitrogens is 2. The van der Waals surface area contributed by atoms with E-state index in [1.165, 1.54) is 42.6 Å². The van der Waals surface area contributed by atoms with Crippen molar-refractivity contribution in [2.45, 2.75) is 13.1 Å². The lowest BCUT2D eigenvalue weighted by Gasteiger charge is -2.08. The molecule has 10 heteroatoms. The van der Waals surface area contributed by atoms with Crippen LogP contribution in [0.2, 0.25) is 0 Å². The van der Waals surface area contributed by atoms with Gasteiger partial charge in [-0.15, -0.1) is 0 Å². The summed E-state index contributed by atoms with van der Waals surface area (Å²) in [5.74, 6) is -1.36. The van der Waals surface area contributed by atoms with Crippen molar-refractivity contribution in [2.75, 3.05) is 13.1 Å². The summed E-state index contributed by atoms with van der Waals surface area (Å²) in [6.45, 7) is 1.86. The van der Waals surface area contributed by atoms with Crippen LogP contribution in [0.15, 0.2) is 54.7 Å². The van der Waals surface area contributed by atoms with Gasteiger partial charge in [-0.1, -0.05) is 6.07 Å². The fraction of sp³-hybridized carbons (Fsp3) is 0.190. The predicted molar refractivity (Wildman–Crippen MR) is 104 cm³/mol. The number of benzene rings is 2. The molecule has 0 radical (unpaired) electrons. The minimum Gasteiger partial charge on any atom is -0.350 e. The number of alkyl halides is 3. The Morgan fingerprint density at radius 3 is 2.06 bits per heavy atom. The zero-order chi connectivity index (χ0) is 22.6. The van der Waals surface area contributed by atoms with Crippen LogP contribution in [0.3, 0.4) is 0 Å². The SMILES string of the molecule is Cc1ccc(C(=O)NCCNC(=O)c2ccc(-n3ccc(C(F)(F)F)n3)cc2)cc1F. The normalized spacial score (nSPS) is 11.3. The van der Waals surface area contributed by atoms with Crippen molar-refractivity contribution in [3.63, 3.8) is 0 Å². The summed E-state index contributed by atoms with van der Waals surface area (Å²) in [6.07, 6.45) is -3.35. The Morgan fingerprint density at radius 2 is 1.52 bits per heavy atom. The molecular weight excluding hydrogens is 416 g/mol. The molecule has 0 aliphatic carbocycles. The molecule has 0 fully saturated rings. The van der Waals surface area contributed by atoms with Crippen LogP contribution in [0.4, 0.5) is 17.6 Å². The molecule has 3 aromatic rings. The molecule has 0 saturated carbocycles. The van der Waals surface area contributed by atoms with Crippen molar-refractivity contribution in [1.29, 1.82) is 0 Å². The maximum absolute atomic E-state index is 13.5. The van der Waals surface area contributed by atoms with Crippen LogP contribution < -0.4 is 10.6 Å². The highest BCUT2D eigenvalue weighted by Gasteiger charge is 2.33. The minimum absolute atomic E-state index is 0.131. The van der Waals surface area contributed by atoms with E-state index in [1.54, 1.807) is 6.92 Å². The van der Waals surface area contributed by atoms with E-state index in [2.05, 4.69) is 15.7 Å². The summed E-state index contributed by atoms with van der Waals surface area (Å²) < 4.78 is 52.5. The van der Waals surface area contributed by atoms with Crippen LogP contribution in [-0.2, 0) is 6.18 Å². The molecule has 2 aromatic carbocycles. The smallest absolute Gasteiger partial charge is 0.350 e. The second-order valence-electron chi connectivity index (χ2n) is 6.67. The lowest BCUT2D eigenvalue weighted by molar-refractivity contribution is -0.141. The molecule has 3 rings (SSSR count). The molecule has 31 heavy (non-hydrogen) atoms. The minimum atomic E-state index is -4.53. The first-order valence-corrected chi connectivity index (χ1v) is 9.21. The van der Waals surface area contributed by atoms with E-state index in [0.29, 0.717) is 16.8 Å². The molecule has 2 amide bonds. The van der Waals surface area contributed by atoms with Gasteiger partial charge in [-0.2, -0.15) is 18.3 Å². The van der Waals surface area contributed by atoms with Crippen LogP contribution in [0.5, 0.6) is 0 Å². The molecule has 0 spiro atoms. The van der Waals surface area contributed by atoms with Crippen molar-refractivity contribution < 1.29 is 27.2 Å². The Hall–Kier alpha value is -3.69. The van der Waals surface area contributed by atoms with E-state index in [4.69, 9.17) is 0 Å². The Morgan fingerprint density at radius 1 is 0.935 bits per heavy atom. The zero-order valence-corrected chi connectivity index (χ0v) is 16.3. The van der Waals surface area contributed by atoms with Crippen molar-refractivity contribution >= 4 is 11.8 Å². The third kappa shape index (κ3) is 5.47. The largest absolute Gasteiger partial charge is 0.435 e. The Balaban J connectivity index is 1.50. The Kier molecular flexibility index (Phi) is 6.38. The van der Waals surface area contributed by atoms with Gasteiger partial charge in [0.15, 0.2) is 5.69 Å². The lowest BCUT2D eigenvalue weighted by atomic mass is 10.1. The average molecular weight is 434 g/mol. The van der Waals surface area contributed by atoms with E-state index in [9.17, 15) is 27.2 Å². The number of nitrogens with one attached hydrogen (secondary N) is 2. The van der Waals surface area contributed by atoms with Gasteiger partial charge in [0.1, 0.15) is 5.82 Å². The van der Waals surface area contributed by atoms with E-state index in [-0.39, 0.29) is 18.7 Å². The van der Waals surface area contributed by atoms with Crippen molar-refractivity contribution in [2.24, 2.45) is 0 Å². The number of hydrogen-bond acceptors (Lipinski definition) is 3. The average Bonchev–Trinajstić information content (AvgIpc) is 3.24. The molecule has 0 saturated heterocycles. The molecule has 0 aliphatic heterocycles. The van der Waals surface area contributed by atoms with Gasteiger partial charge in [-0.05, 0) is 55.0 Å². The van der Waals surface area contributed by atoms with Crippen LogP contribution in [0.1, 0.15) is 32.0 Å². The van der Waals surface area contributed by atoms with Gasteiger partial charge < -0.3 is 10.6 Å². The molecule has 0 aliphatic rings. The molecule has 6 nitrogen and oxygen atoms in total. The number of rotatable bonds is 6. The molecule has 2 N–H and O–H groups in total. The highest BCUT2D eigenvalue weighted by molar-refractivity contribution is 5.95. The maximum Gasteiger partial charge on any atom is 0.435 e. The summed E-state index contributed by atoms with van der Waals surface area (Å²) in [5.41, 5.74) is 0.258. The number of aryl methyl sites for hydroxylation is 1. The number of halogens is 4. The van der Waals surface area contributed by atoms with Crippen LogP contribution in [0, 0.1) is 12.7 Å². The molecule has 0 atom stereocenters. The first-order valence-electron chi connectivity index (χ1n) is 9.21. The first-order chi connectivity index (χ1) is 14.6. The zero-order valence-electron chi connectivity index (χ0n) is 16.3. The van der Waals surface area contributed by atoms with Gasteiger partial charge in [0.25, 0.3) is 11.8 Å². The monoisotopic (exact) mass is 434 g/mol. The van der Waals surface area contributed by atoms with Gasteiger partial charge in [0.2, 0.25) is 0 Å². The molecule has 1 aromatic heterocycles. The Labute approximate surface area is 174 Å². The summed E-state index contributed by atoms with van der Waals surface area (Å²) in [7, 11) is 0. The fourth-order valence-electron chi connectivity index (χ4n) is 2.67. The number of carbonyl (C=O) groups is 2. The number of amides is 2. The van der Waals surface area contributed by atoms with Crippen LogP contribution >= 0.6 is 0 Å². The summed E-state index contributed by atoms with van der Waals surface area (Å²) in [4.78, 5) is 24.2. The lowest BCUT2D eigenvalue weighted by Crippen LogP contribution is -2.34. The molecule has 0 bridgehead atoms. The van der Waals surface area contributed by atoms with Gasteiger partial charge in [-0.3, -0.25) is 9.59 Å². The van der Waals surface area contributed by atoms with E-state index in [0.717, 1.165) is 16.8 Å².